The van der Waals surface area contributed by atoms with Crippen LogP contribution in [0.3, 0.4) is 0 Å². The highest BCUT2D eigenvalue weighted by Gasteiger charge is 2.32. The number of nitrogens with zero attached hydrogens (tertiary/aromatic N) is 3. The third-order valence-corrected chi connectivity index (χ3v) is 6.40. The van der Waals surface area contributed by atoms with Crippen LogP contribution in [-0.2, 0) is 11.2 Å². The number of carbonyl (C=O) groups excluding carboxylic acids is 1. The standard InChI is InChI=1S/C29H26ClF3N6O2/c1-18-7-10-22(11-8-18)37-28(41)25(13-19-5-3-2-4-6-19)39-27(40)14-20(16-36-39)23-15-21(30)9-12-24(23)38(35)17-26(34)29(31,32)33/h2-12,14-17,25H,13,34-35H2,1H3,(H,37,41)/b26-17-. The van der Waals surface area contributed by atoms with Crippen molar-refractivity contribution in [3.05, 3.63) is 123 Å². The average Bonchev–Trinajstić information content (AvgIpc) is 2.93. The molecule has 0 bridgehead atoms. The lowest BCUT2D eigenvalue weighted by atomic mass is 10.0. The number of anilines is 2. The van der Waals surface area contributed by atoms with Gasteiger partial charge in [0.1, 0.15) is 11.7 Å². The number of hydrazine groups is 1. The Morgan fingerprint density at radius 3 is 2.41 bits per heavy atom. The number of hydrogen-bond acceptors (Lipinski definition) is 6. The Hall–Kier alpha value is -4.61. The molecule has 1 amide bonds. The number of allylic oxidation sites excluding steroid dienone is 1. The maximum atomic E-state index is 13.4. The van der Waals surface area contributed by atoms with Gasteiger partial charge in [0.05, 0.1) is 11.9 Å². The van der Waals surface area contributed by atoms with Crippen molar-refractivity contribution in [2.24, 2.45) is 11.6 Å². The van der Waals surface area contributed by atoms with E-state index in [1.54, 1.807) is 12.1 Å². The summed E-state index contributed by atoms with van der Waals surface area (Å²) in [5.41, 5.74) is 5.99. The van der Waals surface area contributed by atoms with E-state index in [0.29, 0.717) is 16.9 Å². The molecule has 41 heavy (non-hydrogen) atoms. The summed E-state index contributed by atoms with van der Waals surface area (Å²) in [6.45, 7) is 1.92. The third-order valence-electron chi connectivity index (χ3n) is 6.17. The monoisotopic (exact) mass is 582 g/mol. The fraction of sp³-hybridized carbons (Fsp3) is 0.138. The van der Waals surface area contributed by atoms with Gasteiger partial charge in [-0.05, 0) is 42.8 Å². The van der Waals surface area contributed by atoms with E-state index in [4.69, 9.17) is 23.2 Å². The second-order valence-corrected chi connectivity index (χ2v) is 9.68. The Morgan fingerprint density at radius 1 is 1.10 bits per heavy atom. The molecule has 0 saturated heterocycles. The van der Waals surface area contributed by atoms with Crippen LogP contribution in [0.25, 0.3) is 11.1 Å². The highest BCUT2D eigenvalue weighted by Crippen LogP contribution is 2.33. The van der Waals surface area contributed by atoms with Gasteiger partial charge in [0, 0.05) is 40.5 Å². The van der Waals surface area contributed by atoms with Crippen molar-refractivity contribution in [1.29, 1.82) is 0 Å². The molecule has 1 aromatic heterocycles. The molecule has 8 nitrogen and oxygen atoms in total. The number of aromatic nitrogens is 2. The molecule has 0 saturated carbocycles. The number of nitrogens with two attached hydrogens (primary N) is 2. The van der Waals surface area contributed by atoms with Crippen molar-refractivity contribution in [3.8, 4) is 11.1 Å². The summed E-state index contributed by atoms with van der Waals surface area (Å²) in [6, 6.07) is 20.8. The summed E-state index contributed by atoms with van der Waals surface area (Å²) in [5.74, 6) is 5.43. The SMILES string of the molecule is Cc1ccc(NC(=O)C(Cc2ccccc2)n2ncc(-c3cc(Cl)ccc3N(N)/C=C(\N)C(F)(F)F)cc2=O)cc1. The number of halogens is 4. The van der Waals surface area contributed by atoms with Gasteiger partial charge in [0.2, 0.25) is 5.91 Å². The molecule has 4 aromatic rings. The van der Waals surface area contributed by atoms with Crippen LogP contribution in [0.5, 0.6) is 0 Å². The van der Waals surface area contributed by atoms with E-state index < -0.39 is 29.4 Å². The zero-order chi connectivity index (χ0) is 29.7. The van der Waals surface area contributed by atoms with Crippen molar-refractivity contribution < 1.29 is 18.0 Å². The van der Waals surface area contributed by atoms with Gasteiger partial charge >= 0.3 is 6.18 Å². The van der Waals surface area contributed by atoms with E-state index in [1.807, 2.05) is 49.4 Å². The lowest BCUT2D eigenvalue weighted by Gasteiger charge is -2.21. The number of hydrogen-bond donors (Lipinski definition) is 3. The van der Waals surface area contributed by atoms with Crippen LogP contribution in [-0.4, -0.2) is 21.9 Å². The molecule has 1 heterocycles. The molecule has 0 aliphatic carbocycles. The topological polar surface area (TPSA) is 119 Å². The quantitative estimate of drug-likeness (QED) is 0.191. The van der Waals surface area contributed by atoms with Crippen LogP contribution >= 0.6 is 11.6 Å². The average molecular weight is 583 g/mol. The Kier molecular flexibility index (Phi) is 8.80. The molecule has 212 valence electrons. The lowest BCUT2D eigenvalue weighted by Crippen LogP contribution is -2.36. The summed E-state index contributed by atoms with van der Waals surface area (Å²) >= 11 is 6.15. The van der Waals surface area contributed by atoms with Gasteiger partial charge in [0.15, 0.2) is 0 Å². The van der Waals surface area contributed by atoms with Gasteiger partial charge in [-0.3, -0.25) is 14.6 Å². The summed E-state index contributed by atoms with van der Waals surface area (Å²) in [7, 11) is 0. The van der Waals surface area contributed by atoms with E-state index in [9.17, 15) is 22.8 Å². The molecule has 1 unspecified atom stereocenters. The van der Waals surface area contributed by atoms with Crippen LogP contribution in [0.1, 0.15) is 17.2 Å². The minimum absolute atomic E-state index is 0.0819. The minimum atomic E-state index is -4.79. The van der Waals surface area contributed by atoms with Gasteiger partial charge < -0.3 is 11.1 Å². The van der Waals surface area contributed by atoms with E-state index in [0.717, 1.165) is 15.8 Å². The van der Waals surface area contributed by atoms with Gasteiger partial charge in [-0.2, -0.15) is 18.3 Å². The molecule has 0 aliphatic rings. The van der Waals surface area contributed by atoms with Crippen molar-refractivity contribution in [3.63, 3.8) is 0 Å². The summed E-state index contributed by atoms with van der Waals surface area (Å²) in [6.07, 6.45) is -2.78. The van der Waals surface area contributed by atoms with Crippen LogP contribution < -0.4 is 27.5 Å². The highest BCUT2D eigenvalue weighted by atomic mass is 35.5. The Balaban J connectivity index is 1.72. The second kappa shape index (κ2) is 12.3. The minimum Gasteiger partial charge on any atom is -0.393 e. The summed E-state index contributed by atoms with van der Waals surface area (Å²) < 4.78 is 40.0. The number of alkyl halides is 3. The predicted octanol–water partition coefficient (Wildman–Crippen LogP) is 5.34. The number of aryl methyl sites for hydroxylation is 1. The second-order valence-electron chi connectivity index (χ2n) is 9.24. The van der Waals surface area contributed by atoms with Crippen LogP contribution in [0.15, 0.2) is 102 Å². The zero-order valence-corrected chi connectivity index (χ0v) is 22.5. The van der Waals surface area contributed by atoms with E-state index in [1.165, 1.54) is 30.5 Å². The molecular formula is C29H26ClF3N6O2. The molecular weight excluding hydrogens is 557 g/mol. The molecule has 5 N–H and O–H groups in total. The predicted molar refractivity (Wildman–Crippen MR) is 153 cm³/mol. The Bertz CT molecular complexity index is 1620. The smallest absolute Gasteiger partial charge is 0.393 e. The first-order chi connectivity index (χ1) is 19.4. The largest absolute Gasteiger partial charge is 0.432 e. The number of carbonyl (C=O) groups is 1. The maximum Gasteiger partial charge on any atom is 0.432 e. The first-order valence-corrected chi connectivity index (χ1v) is 12.7. The van der Waals surface area contributed by atoms with Gasteiger partial charge in [-0.25, -0.2) is 10.5 Å². The highest BCUT2D eigenvalue weighted by molar-refractivity contribution is 6.31. The molecule has 4 rings (SSSR count). The van der Waals surface area contributed by atoms with Crippen LogP contribution in [0.2, 0.25) is 5.02 Å². The summed E-state index contributed by atoms with van der Waals surface area (Å²) in [4.78, 5) is 26.8. The van der Waals surface area contributed by atoms with E-state index >= 15 is 0 Å². The third kappa shape index (κ3) is 7.33. The Labute approximate surface area is 238 Å². The number of benzene rings is 3. The number of amides is 1. The van der Waals surface area contributed by atoms with E-state index in [2.05, 4.69) is 10.4 Å². The maximum absolute atomic E-state index is 13.4. The van der Waals surface area contributed by atoms with Crippen molar-refractivity contribution >= 4 is 28.9 Å². The normalized spacial score (nSPS) is 12.6. The van der Waals surface area contributed by atoms with Crippen LogP contribution in [0, 0.1) is 6.92 Å². The Morgan fingerprint density at radius 2 is 1.78 bits per heavy atom. The molecule has 0 aliphatic heterocycles. The summed E-state index contributed by atoms with van der Waals surface area (Å²) in [5, 5.41) is 8.04. The first-order valence-electron chi connectivity index (χ1n) is 12.3. The zero-order valence-electron chi connectivity index (χ0n) is 21.8. The molecule has 3 aromatic carbocycles. The molecule has 1 atom stereocenters. The van der Waals surface area contributed by atoms with Crippen LogP contribution in [0.4, 0.5) is 24.5 Å². The van der Waals surface area contributed by atoms with Gasteiger partial charge in [0.25, 0.3) is 5.56 Å². The fourth-order valence-corrected chi connectivity index (χ4v) is 4.22. The molecule has 0 fully saturated rings. The molecule has 0 radical (unpaired) electrons. The van der Waals surface area contributed by atoms with Crippen molar-refractivity contribution in [2.75, 3.05) is 10.3 Å². The van der Waals surface area contributed by atoms with Gasteiger partial charge in [-0.15, -0.1) is 0 Å². The number of rotatable bonds is 8. The molecule has 12 heteroatoms. The fourth-order valence-electron chi connectivity index (χ4n) is 4.05. The van der Waals surface area contributed by atoms with E-state index in [-0.39, 0.29) is 28.3 Å². The first kappa shape index (κ1) is 29.4. The van der Waals surface area contributed by atoms with Crippen molar-refractivity contribution in [1.82, 2.24) is 9.78 Å². The molecule has 0 spiro atoms. The van der Waals surface area contributed by atoms with Gasteiger partial charge in [-0.1, -0.05) is 59.6 Å². The van der Waals surface area contributed by atoms with Crippen molar-refractivity contribution in [2.45, 2.75) is 25.6 Å². The lowest BCUT2D eigenvalue weighted by molar-refractivity contribution is -0.119. The number of nitrogens with one attached hydrogen (secondary N) is 1.